The van der Waals surface area contributed by atoms with Gasteiger partial charge in [0.2, 0.25) is 5.89 Å². The topological polar surface area (TPSA) is 43.9 Å². The molecule has 0 aliphatic carbocycles. The molecule has 0 fully saturated rings. The molecule has 0 aliphatic heterocycles. The molecule has 5 heteroatoms. The quantitative estimate of drug-likeness (QED) is 0.715. The highest BCUT2D eigenvalue weighted by Gasteiger charge is 2.11. The Labute approximate surface area is 86.5 Å². The van der Waals surface area contributed by atoms with Crippen molar-refractivity contribution in [1.29, 1.82) is 0 Å². The highest BCUT2D eigenvalue weighted by molar-refractivity contribution is 6.16. The zero-order valence-corrected chi connectivity index (χ0v) is 8.75. The molecule has 2 heterocycles. The second-order valence-electron chi connectivity index (χ2n) is 3.02. The lowest BCUT2D eigenvalue weighted by atomic mass is 10.2. The molecule has 0 N–H and O–H groups in total. The maximum absolute atomic E-state index is 5.60. The fraction of sp³-hybridized carbons (Fsp3) is 0.333. The summed E-state index contributed by atoms with van der Waals surface area (Å²) >= 11 is 5.60. The van der Waals surface area contributed by atoms with Gasteiger partial charge in [-0.3, -0.25) is 4.68 Å². The van der Waals surface area contributed by atoms with Crippen LogP contribution in [0.2, 0.25) is 0 Å². The van der Waals surface area contributed by atoms with Crippen molar-refractivity contribution in [3.05, 3.63) is 24.0 Å². The van der Waals surface area contributed by atoms with Crippen molar-refractivity contribution >= 4 is 11.6 Å². The maximum Gasteiger partial charge on any atom is 0.209 e. The van der Waals surface area contributed by atoms with E-state index in [4.69, 9.17) is 16.0 Å². The predicted molar refractivity (Wildman–Crippen MR) is 53.0 cm³/mol. The molecule has 0 atom stereocenters. The van der Waals surface area contributed by atoms with E-state index in [0.29, 0.717) is 17.5 Å². The van der Waals surface area contributed by atoms with E-state index in [0.717, 1.165) is 11.3 Å². The molecule has 74 valence electrons. The zero-order chi connectivity index (χ0) is 10.1. The predicted octanol–water partition coefficient (Wildman–Crippen LogP) is 2.12. The van der Waals surface area contributed by atoms with Gasteiger partial charge in [0.1, 0.15) is 0 Å². The van der Waals surface area contributed by atoms with Gasteiger partial charge in [0, 0.05) is 12.7 Å². The third-order valence-corrected chi connectivity index (χ3v) is 2.40. The molecule has 0 amide bonds. The van der Waals surface area contributed by atoms with Crippen LogP contribution in [0.3, 0.4) is 0 Å². The standard InChI is InChI=1S/C9H10ClN3O/c1-6-7(4-12-13(6)2)8-5-11-9(3-10)14-8/h4-5H,3H2,1-2H3. The van der Waals surface area contributed by atoms with E-state index < -0.39 is 0 Å². The van der Waals surface area contributed by atoms with Gasteiger partial charge in [0.25, 0.3) is 0 Å². The summed E-state index contributed by atoms with van der Waals surface area (Å²) in [6.07, 6.45) is 3.43. The van der Waals surface area contributed by atoms with E-state index in [2.05, 4.69) is 10.1 Å². The Morgan fingerprint density at radius 2 is 2.29 bits per heavy atom. The monoisotopic (exact) mass is 211 g/mol. The molecule has 0 aromatic carbocycles. The summed E-state index contributed by atoms with van der Waals surface area (Å²) in [7, 11) is 1.89. The number of alkyl halides is 1. The minimum atomic E-state index is 0.291. The number of hydrogen-bond donors (Lipinski definition) is 0. The molecule has 4 nitrogen and oxygen atoms in total. The van der Waals surface area contributed by atoms with E-state index in [1.165, 1.54) is 0 Å². The van der Waals surface area contributed by atoms with Crippen LogP contribution in [0.25, 0.3) is 11.3 Å². The molecule has 0 radical (unpaired) electrons. The number of oxazole rings is 1. The maximum atomic E-state index is 5.60. The normalized spacial score (nSPS) is 10.8. The Morgan fingerprint density at radius 3 is 2.79 bits per heavy atom. The van der Waals surface area contributed by atoms with E-state index in [1.54, 1.807) is 17.1 Å². The lowest BCUT2D eigenvalue weighted by Gasteiger charge is -1.95. The summed E-state index contributed by atoms with van der Waals surface area (Å²) in [6.45, 7) is 1.98. The Hall–Kier alpha value is -1.29. The van der Waals surface area contributed by atoms with Crippen LogP contribution in [0.15, 0.2) is 16.8 Å². The van der Waals surface area contributed by atoms with Gasteiger partial charge < -0.3 is 4.42 Å². The lowest BCUT2D eigenvalue weighted by molar-refractivity contribution is 0.528. The van der Waals surface area contributed by atoms with Gasteiger partial charge in [-0.1, -0.05) is 0 Å². The number of hydrogen-bond acceptors (Lipinski definition) is 3. The van der Waals surface area contributed by atoms with Crippen molar-refractivity contribution in [3.63, 3.8) is 0 Å². The first-order chi connectivity index (χ1) is 6.72. The number of aromatic nitrogens is 3. The molecule has 2 rings (SSSR count). The molecule has 0 bridgehead atoms. The zero-order valence-electron chi connectivity index (χ0n) is 7.99. The second kappa shape index (κ2) is 3.46. The van der Waals surface area contributed by atoms with Crippen molar-refractivity contribution in [2.24, 2.45) is 7.05 Å². The van der Waals surface area contributed by atoms with Gasteiger partial charge in [-0.25, -0.2) is 4.98 Å². The van der Waals surface area contributed by atoms with Crippen molar-refractivity contribution in [3.8, 4) is 11.3 Å². The summed E-state index contributed by atoms with van der Waals surface area (Å²) in [4.78, 5) is 4.03. The van der Waals surface area contributed by atoms with Crippen LogP contribution in [0.1, 0.15) is 11.6 Å². The van der Waals surface area contributed by atoms with Crippen molar-refractivity contribution < 1.29 is 4.42 Å². The van der Waals surface area contributed by atoms with Crippen LogP contribution < -0.4 is 0 Å². The molecular weight excluding hydrogens is 202 g/mol. The SMILES string of the molecule is Cc1c(-c2cnc(CCl)o2)cnn1C. The van der Waals surface area contributed by atoms with Gasteiger partial charge >= 0.3 is 0 Å². The fourth-order valence-corrected chi connectivity index (χ4v) is 1.36. The number of aryl methyl sites for hydroxylation is 1. The molecular formula is C9H10ClN3O. The summed E-state index contributed by atoms with van der Waals surface area (Å²) in [6, 6.07) is 0. The first-order valence-corrected chi connectivity index (χ1v) is 4.75. The average Bonchev–Trinajstić information content (AvgIpc) is 2.75. The van der Waals surface area contributed by atoms with E-state index in [-0.39, 0.29) is 0 Å². The smallest absolute Gasteiger partial charge is 0.209 e. The average molecular weight is 212 g/mol. The van der Waals surface area contributed by atoms with Crippen LogP contribution >= 0.6 is 11.6 Å². The Balaban J connectivity index is 2.44. The first kappa shape index (κ1) is 9.27. The molecule has 0 unspecified atom stereocenters. The van der Waals surface area contributed by atoms with Crippen LogP contribution in [0, 0.1) is 6.92 Å². The number of halogens is 1. The van der Waals surface area contributed by atoms with E-state index >= 15 is 0 Å². The Morgan fingerprint density at radius 1 is 1.50 bits per heavy atom. The summed E-state index contributed by atoms with van der Waals surface area (Å²) in [5.41, 5.74) is 2.00. The molecule has 0 aliphatic rings. The molecule has 0 saturated carbocycles. The lowest BCUT2D eigenvalue weighted by Crippen LogP contribution is -1.92. The molecule has 2 aromatic rings. The fourth-order valence-electron chi connectivity index (χ4n) is 1.24. The molecule has 14 heavy (non-hydrogen) atoms. The third kappa shape index (κ3) is 1.42. The van der Waals surface area contributed by atoms with Gasteiger partial charge in [0.15, 0.2) is 5.76 Å². The summed E-state index contributed by atoms with van der Waals surface area (Å²) < 4.78 is 7.21. The van der Waals surface area contributed by atoms with Gasteiger partial charge in [0.05, 0.1) is 23.8 Å². The number of rotatable bonds is 2. The summed E-state index contributed by atoms with van der Waals surface area (Å²) in [5, 5.41) is 4.12. The second-order valence-corrected chi connectivity index (χ2v) is 3.29. The summed E-state index contributed by atoms with van der Waals surface area (Å²) in [5.74, 6) is 1.54. The van der Waals surface area contributed by atoms with E-state index in [1.807, 2.05) is 14.0 Å². The van der Waals surface area contributed by atoms with Gasteiger partial charge in [-0.2, -0.15) is 5.10 Å². The van der Waals surface area contributed by atoms with Crippen LogP contribution in [0.4, 0.5) is 0 Å². The Kier molecular flexibility index (Phi) is 2.29. The minimum Gasteiger partial charge on any atom is -0.439 e. The molecule has 0 saturated heterocycles. The first-order valence-electron chi connectivity index (χ1n) is 4.22. The molecule has 0 spiro atoms. The van der Waals surface area contributed by atoms with E-state index in [9.17, 15) is 0 Å². The highest BCUT2D eigenvalue weighted by atomic mass is 35.5. The molecule has 2 aromatic heterocycles. The Bertz CT molecular complexity index is 447. The van der Waals surface area contributed by atoms with Crippen molar-refractivity contribution in [2.45, 2.75) is 12.8 Å². The third-order valence-electron chi connectivity index (χ3n) is 2.17. The van der Waals surface area contributed by atoms with Crippen LogP contribution in [-0.4, -0.2) is 14.8 Å². The van der Waals surface area contributed by atoms with Gasteiger partial charge in [-0.05, 0) is 6.92 Å². The van der Waals surface area contributed by atoms with Crippen molar-refractivity contribution in [2.75, 3.05) is 0 Å². The number of nitrogens with zero attached hydrogens (tertiary/aromatic N) is 3. The van der Waals surface area contributed by atoms with Gasteiger partial charge in [-0.15, -0.1) is 11.6 Å². The highest BCUT2D eigenvalue weighted by Crippen LogP contribution is 2.23. The largest absolute Gasteiger partial charge is 0.439 e. The van der Waals surface area contributed by atoms with Crippen LogP contribution in [0.5, 0.6) is 0 Å². The van der Waals surface area contributed by atoms with Crippen molar-refractivity contribution in [1.82, 2.24) is 14.8 Å². The van der Waals surface area contributed by atoms with Crippen LogP contribution in [-0.2, 0) is 12.9 Å². The minimum absolute atomic E-state index is 0.291.